The minimum absolute atomic E-state index is 0.0907. The van der Waals surface area contributed by atoms with Crippen LogP contribution in [0.3, 0.4) is 0 Å². The molecule has 2 nitrogen and oxygen atoms in total. The molecule has 0 unspecified atom stereocenters. The Labute approximate surface area is 114 Å². The molecule has 0 bridgehead atoms. The van der Waals surface area contributed by atoms with E-state index >= 15 is 0 Å². The van der Waals surface area contributed by atoms with E-state index in [9.17, 15) is 4.79 Å². The van der Waals surface area contributed by atoms with Crippen molar-refractivity contribution < 1.29 is 4.79 Å². The van der Waals surface area contributed by atoms with Gasteiger partial charge in [-0.15, -0.1) is 0 Å². The van der Waals surface area contributed by atoms with E-state index in [-0.39, 0.29) is 5.91 Å². The van der Waals surface area contributed by atoms with E-state index in [1.54, 1.807) is 18.0 Å². The Balaban J connectivity index is 2.69. The van der Waals surface area contributed by atoms with Crippen molar-refractivity contribution in [2.24, 2.45) is 0 Å². The van der Waals surface area contributed by atoms with Crippen molar-refractivity contribution in [3.63, 3.8) is 0 Å². The molecule has 0 aliphatic rings. The second-order valence-corrected chi connectivity index (χ2v) is 5.13. The average molecular weight is 325 g/mol. The topological polar surface area (TPSA) is 20.3 Å². The van der Waals surface area contributed by atoms with Gasteiger partial charge in [0, 0.05) is 35.4 Å². The predicted molar refractivity (Wildman–Crippen MR) is 71.3 cm³/mol. The number of amides is 1. The normalized spacial score (nSPS) is 10.2. The van der Waals surface area contributed by atoms with Crippen LogP contribution in [0.2, 0.25) is 10.0 Å². The van der Waals surface area contributed by atoms with Gasteiger partial charge in [-0.1, -0.05) is 39.1 Å². The Morgan fingerprint density at radius 3 is 2.38 bits per heavy atom. The zero-order chi connectivity index (χ0) is 12.1. The standard InChI is InChI=1S/C11H12BrCl2NO/c1-15(11(16)2-3-12)7-8-4-9(13)6-10(14)5-8/h4-6H,2-3,7H2,1H3. The zero-order valence-corrected chi connectivity index (χ0v) is 11.9. The highest BCUT2D eigenvalue weighted by Gasteiger charge is 2.08. The summed E-state index contributed by atoms with van der Waals surface area (Å²) in [7, 11) is 1.76. The minimum Gasteiger partial charge on any atom is -0.341 e. The third-order valence-corrected chi connectivity index (χ3v) is 2.91. The Kier molecular flexibility index (Phi) is 5.59. The molecule has 0 aliphatic heterocycles. The van der Waals surface area contributed by atoms with Crippen LogP contribution in [-0.2, 0) is 11.3 Å². The van der Waals surface area contributed by atoms with E-state index in [0.29, 0.717) is 28.3 Å². The molecule has 16 heavy (non-hydrogen) atoms. The lowest BCUT2D eigenvalue weighted by Crippen LogP contribution is -2.26. The van der Waals surface area contributed by atoms with Gasteiger partial charge < -0.3 is 4.90 Å². The van der Waals surface area contributed by atoms with Crippen molar-refractivity contribution in [1.82, 2.24) is 4.90 Å². The predicted octanol–water partition coefficient (Wildman–Crippen LogP) is 3.74. The van der Waals surface area contributed by atoms with Gasteiger partial charge in [0.1, 0.15) is 0 Å². The molecule has 1 aromatic rings. The van der Waals surface area contributed by atoms with Crippen molar-refractivity contribution >= 4 is 45.0 Å². The van der Waals surface area contributed by atoms with Gasteiger partial charge in [-0.3, -0.25) is 4.79 Å². The van der Waals surface area contributed by atoms with E-state index in [0.717, 1.165) is 5.56 Å². The maximum absolute atomic E-state index is 11.5. The molecule has 1 amide bonds. The van der Waals surface area contributed by atoms with Crippen LogP contribution in [0.25, 0.3) is 0 Å². The summed E-state index contributed by atoms with van der Waals surface area (Å²) < 4.78 is 0. The molecular formula is C11H12BrCl2NO. The maximum Gasteiger partial charge on any atom is 0.223 e. The number of halogens is 3. The Hall–Kier alpha value is -0.250. The van der Waals surface area contributed by atoms with Crippen molar-refractivity contribution in [3.8, 4) is 0 Å². The minimum atomic E-state index is 0.0907. The highest BCUT2D eigenvalue weighted by Crippen LogP contribution is 2.20. The molecule has 0 heterocycles. The molecule has 0 N–H and O–H groups in total. The van der Waals surface area contributed by atoms with Crippen molar-refractivity contribution in [2.75, 3.05) is 12.4 Å². The summed E-state index contributed by atoms with van der Waals surface area (Å²) in [5, 5.41) is 1.85. The van der Waals surface area contributed by atoms with Crippen molar-refractivity contribution in [2.45, 2.75) is 13.0 Å². The summed E-state index contributed by atoms with van der Waals surface area (Å²) in [6, 6.07) is 5.30. The van der Waals surface area contributed by atoms with Gasteiger partial charge in [-0.05, 0) is 23.8 Å². The molecule has 0 aliphatic carbocycles. The van der Waals surface area contributed by atoms with Crippen LogP contribution in [0.15, 0.2) is 18.2 Å². The lowest BCUT2D eigenvalue weighted by atomic mass is 10.2. The Bertz CT molecular complexity index is 364. The number of rotatable bonds is 4. The van der Waals surface area contributed by atoms with Crippen LogP contribution in [0.5, 0.6) is 0 Å². The average Bonchev–Trinajstić information content (AvgIpc) is 2.16. The molecule has 5 heteroatoms. The maximum atomic E-state index is 11.5. The third-order valence-electron chi connectivity index (χ3n) is 2.08. The highest BCUT2D eigenvalue weighted by molar-refractivity contribution is 9.09. The van der Waals surface area contributed by atoms with Gasteiger partial charge in [0.05, 0.1) is 0 Å². The van der Waals surface area contributed by atoms with Crippen molar-refractivity contribution in [3.05, 3.63) is 33.8 Å². The third kappa shape index (κ3) is 4.32. The number of hydrogen-bond acceptors (Lipinski definition) is 1. The molecule has 0 atom stereocenters. The largest absolute Gasteiger partial charge is 0.341 e. The van der Waals surface area contributed by atoms with E-state index in [4.69, 9.17) is 23.2 Å². The molecule has 1 aromatic carbocycles. The number of hydrogen-bond donors (Lipinski definition) is 0. The van der Waals surface area contributed by atoms with Gasteiger partial charge in [0.2, 0.25) is 5.91 Å². The van der Waals surface area contributed by atoms with Crippen LogP contribution in [0.4, 0.5) is 0 Å². The second-order valence-electron chi connectivity index (χ2n) is 3.47. The first-order chi connectivity index (χ1) is 7.52. The molecule has 88 valence electrons. The molecule has 0 spiro atoms. The fraction of sp³-hybridized carbons (Fsp3) is 0.364. The summed E-state index contributed by atoms with van der Waals surface area (Å²) >= 11 is 15.0. The number of alkyl halides is 1. The molecular weight excluding hydrogens is 313 g/mol. The monoisotopic (exact) mass is 323 g/mol. The Morgan fingerprint density at radius 1 is 1.31 bits per heavy atom. The van der Waals surface area contributed by atoms with Crippen LogP contribution in [-0.4, -0.2) is 23.2 Å². The van der Waals surface area contributed by atoms with Gasteiger partial charge >= 0.3 is 0 Å². The van der Waals surface area contributed by atoms with E-state index in [1.165, 1.54) is 0 Å². The number of benzene rings is 1. The van der Waals surface area contributed by atoms with E-state index in [2.05, 4.69) is 15.9 Å². The van der Waals surface area contributed by atoms with Gasteiger partial charge in [0.25, 0.3) is 0 Å². The van der Waals surface area contributed by atoms with E-state index < -0.39 is 0 Å². The lowest BCUT2D eigenvalue weighted by molar-refractivity contribution is -0.129. The molecule has 0 saturated carbocycles. The van der Waals surface area contributed by atoms with Gasteiger partial charge in [-0.2, -0.15) is 0 Å². The van der Waals surface area contributed by atoms with Gasteiger partial charge in [-0.25, -0.2) is 0 Å². The molecule has 0 aromatic heterocycles. The summed E-state index contributed by atoms with van der Waals surface area (Å²) in [6.45, 7) is 0.520. The van der Waals surface area contributed by atoms with E-state index in [1.807, 2.05) is 12.1 Å². The van der Waals surface area contributed by atoms with Crippen molar-refractivity contribution in [1.29, 1.82) is 0 Å². The zero-order valence-electron chi connectivity index (χ0n) is 8.84. The Morgan fingerprint density at radius 2 is 1.88 bits per heavy atom. The SMILES string of the molecule is CN(Cc1cc(Cl)cc(Cl)c1)C(=O)CCBr. The smallest absolute Gasteiger partial charge is 0.223 e. The van der Waals surface area contributed by atoms with Crippen LogP contribution in [0, 0.1) is 0 Å². The highest BCUT2D eigenvalue weighted by atomic mass is 79.9. The molecule has 0 fully saturated rings. The molecule has 0 radical (unpaired) electrons. The molecule has 1 rings (SSSR count). The summed E-state index contributed by atoms with van der Waals surface area (Å²) in [6.07, 6.45) is 0.491. The van der Waals surface area contributed by atoms with Crippen LogP contribution >= 0.6 is 39.1 Å². The lowest BCUT2D eigenvalue weighted by Gasteiger charge is -2.17. The molecule has 0 saturated heterocycles. The fourth-order valence-corrected chi connectivity index (χ4v) is 2.25. The fourth-order valence-electron chi connectivity index (χ4n) is 1.34. The number of carbonyl (C=O) groups excluding carboxylic acids is 1. The van der Waals surface area contributed by atoms with Gasteiger partial charge in [0.15, 0.2) is 0 Å². The van der Waals surface area contributed by atoms with Crippen LogP contribution in [0.1, 0.15) is 12.0 Å². The summed E-state index contributed by atoms with van der Waals surface area (Å²) in [4.78, 5) is 13.2. The number of carbonyl (C=O) groups is 1. The summed E-state index contributed by atoms with van der Waals surface area (Å²) in [5.41, 5.74) is 0.933. The van der Waals surface area contributed by atoms with Crippen LogP contribution < -0.4 is 0 Å². The number of nitrogens with zero attached hydrogens (tertiary/aromatic N) is 1. The first-order valence-electron chi connectivity index (χ1n) is 4.78. The summed E-state index contributed by atoms with van der Waals surface area (Å²) in [5.74, 6) is 0.0907. The first-order valence-corrected chi connectivity index (χ1v) is 6.65. The first kappa shape index (κ1) is 13.8. The second kappa shape index (κ2) is 6.48. The quantitative estimate of drug-likeness (QED) is 0.773.